The van der Waals surface area contributed by atoms with Crippen LogP contribution in [0.2, 0.25) is 0 Å². The smallest absolute Gasteiger partial charge is 0.255 e. The molecule has 4 nitrogen and oxygen atoms in total. The van der Waals surface area contributed by atoms with E-state index in [1.807, 2.05) is 0 Å². The summed E-state index contributed by atoms with van der Waals surface area (Å²) in [6.45, 7) is 0. The van der Waals surface area contributed by atoms with Gasteiger partial charge in [0, 0.05) is 10.9 Å². The van der Waals surface area contributed by atoms with Gasteiger partial charge < -0.3 is 15.2 Å². The summed E-state index contributed by atoms with van der Waals surface area (Å²) in [5.74, 6) is 0.300. The summed E-state index contributed by atoms with van der Waals surface area (Å²) in [5, 5.41) is 12.7. The van der Waals surface area contributed by atoms with E-state index in [1.54, 1.807) is 12.1 Å². The van der Waals surface area contributed by atoms with Crippen LogP contribution in [0.5, 0.6) is 11.5 Å². The van der Waals surface area contributed by atoms with Gasteiger partial charge in [-0.15, -0.1) is 0 Å². The van der Waals surface area contributed by atoms with E-state index in [0.717, 1.165) is 25.7 Å². The topological polar surface area (TPSA) is 58.6 Å². The molecular formula is C14H18BrNO3. The molecule has 5 heteroatoms. The molecule has 1 aromatic rings. The number of rotatable bonds is 3. The summed E-state index contributed by atoms with van der Waals surface area (Å²) in [7, 11) is 1.53. The third kappa shape index (κ3) is 3.62. The molecule has 0 aliphatic heterocycles. The molecule has 1 fully saturated rings. The molecule has 1 aromatic carbocycles. The van der Waals surface area contributed by atoms with E-state index in [9.17, 15) is 9.90 Å². The zero-order valence-corrected chi connectivity index (χ0v) is 12.4. The average molecular weight is 328 g/mol. The molecule has 1 amide bonds. The minimum Gasteiger partial charge on any atom is -0.507 e. The minimum absolute atomic E-state index is 0.0209. The fraction of sp³-hybridized carbons (Fsp3) is 0.500. The Morgan fingerprint density at radius 2 is 2.05 bits per heavy atom. The van der Waals surface area contributed by atoms with Crippen LogP contribution in [-0.2, 0) is 0 Å². The summed E-state index contributed by atoms with van der Waals surface area (Å²) in [6.07, 6.45) is 4.06. The van der Waals surface area contributed by atoms with Gasteiger partial charge in [-0.3, -0.25) is 4.79 Å². The lowest BCUT2D eigenvalue weighted by Crippen LogP contribution is -2.37. The summed E-state index contributed by atoms with van der Waals surface area (Å²) in [5.41, 5.74) is 0.264. The Balaban J connectivity index is 2.03. The molecule has 1 aliphatic rings. The normalized spacial score (nSPS) is 22.8. The largest absolute Gasteiger partial charge is 0.507 e. The first-order valence-corrected chi connectivity index (χ1v) is 7.33. The van der Waals surface area contributed by atoms with Crippen LogP contribution in [0.15, 0.2) is 18.2 Å². The molecule has 2 rings (SSSR count). The Kier molecular flexibility index (Phi) is 4.69. The number of phenolic OH excluding ortho intramolecular Hbond substituents is 1. The first-order chi connectivity index (χ1) is 9.10. The number of benzene rings is 1. The SMILES string of the molecule is COc1ccc(O)c(C(=O)NC2CCC(Br)CC2)c1. The van der Waals surface area contributed by atoms with Crippen LogP contribution in [0.1, 0.15) is 36.0 Å². The van der Waals surface area contributed by atoms with Crippen molar-refractivity contribution in [2.45, 2.75) is 36.6 Å². The van der Waals surface area contributed by atoms with Gasteiger partial charge in [-0.1, -0.05) is 15.9 Å². The fourth-order valence-electron chi connectivity index (χ4n) is 2.28. The van der Waals surface area contributed by atoms with Crippen molar-refractivity contribution in [1.29, 1.82) is 0 Å². The fourth-order valence-corrected chi connectivity index (χ4v) is 2.81. The highest BCUT2D eigenvalue weighted by Gasteiger charge is 2.22. The molecule has 0 unspecified atom stereocenters. The van der Waals surface area contributed by atoms with Crippen molar-refractivity contribution < 1.29 is 14.6 Å². The van der Waals surface area contributed by atoms with Gasteiger partial charge in [-0.25, -0.2) is 0 Å². The zero-order chi connectivity index (χ0) is 13.8. The maximum Gasteiger partial charge on any atom is 0.255 e. The Labute approximate surface area is 121 Å². The van der Waals surface area contributed by atoms with Crippen molar-refractivity contribution in [3.8, 4) is 11.5 Å². The van der Waals surface area contributed by atoms with Crippen molar-refractivity contribution in [1.82, 2.24) is 5.32 Å². The molecule has 0 bridgehead atoms. The molecule has 0 radical (unpaired) electrons. The standard InChI is InChI=1S/C14H18BrNO3/c1-19-11-6-7-13(17)12(8-11)14(18)16-10-4-2-9(15)3-5-10/h6-10,17H,2-5H2,1H3,(H,16,18). The number of amides is 1. The number of aromatic hydroxyl groups is 1. The zero-order valence-electron chi connectivity index (χ0n) is 10.9. The summed E-state index contributed by atoms with van der Waals surface area (Å²) >= 11 is 3.59. The van der Waals surface area contributed by atoms with E-state index < -0.39 is 0 Å². The van der Waals surface area contributed by atoms with Crippen LogP contribution >= 0.6 is 15.9 Å². The number of alkyl halides is 1. The Morgan fingerprint density at radius 3 is 2.68 bits per heavy atom. The highest BCUT2D eigenvalue weighted by molar-refractivity contribution is 9.09. The molecule has 19 heavy (non-hydrogen) atoms. The van der Waals surface area contributed by atoms with Gasteiger partial charge in [0.1, 0.15) is 11.5 Å². The molecule has 1 aliphatic carbocycles. The third-order valence-corrected chi connectivity index (χ3v) is 4.36. The first kappa shape index (κ1) is 14.2. The van der Waals surface area contributed by atoms with Crippen LogP contribution in [0.25, 0.3) is 0 Å². The summed E-state index contributed by atoms with van der Waals surface area (Å²) in [6, 6.07) is 4.85. The van der Waals surface area contributed by atoms with Gasteiger partial charge in [-0.05, 0) is 43.9 Å². The lowest BCUT2D eigenvalue weighted by Gasteiger charge is -2.26. The highest BCUT2D eigenvalue weighted by atomic mass is 79.9. The van der Waals surface area contributed by atoms with Crippen LogP contribution in [0.4, 0.5) is 0 Å². The molecule has 0 atom stereocenters. The lowest BCUT2D eigenvalue weighted by atomic mass is 9.95. The van der Waals surface area contributed by atoms with Crippen molar-refractivity contribution in [2.75, 3.05) is 7.11 Å². The van der Waals surface area contributed by atoms with E-state index in [0.29, 0.717) is 10.6 Å². The van der Waals surface area contributed by atoms with Crippen LogP contribution in [-0.4, -0.2) is 29.0 Å². The maximum absolute atomic E-state index is 12.1. The maximum atomic E-state index is 12.1. The Bertz CT molecular complexity index is 456. The van der Waals surface area contributed by atoms with E-state index in [2.05, 4.69) is 21.2 Å². The van der Waals surface area contributed by atoms with Crippen molar-refractivity contribution in [3.05, 3.63) is 23.8 Å². The molecule has 0 aromatic heterocycles. The van der Waals surface area contributed by atoms with Crippen LogP contribution in [0, 0.1) is 0 Å². The molecule has 1 saturated carbocycles. The Hall–Kier alpha value is -1.23. The molecule has 0 heterocycles. The molecule has 104 valence electrons. The van der Waals surface area contributed by atoms with Crippen molar-refractivity contribution in [2.24, 2.45) is 0 Å². The number of halogens is 1. The number of methoxy groups -OCH3 is 1. The quantitative estimate of drug-likeness (QED) is 0.839. The van der Waals surface area contributed by atoms with Crippen LogP contribution in [0.3, 0.4) is 0 Å². The summed E-state index contributed by atoms with van der Waals surface area (Å²) in [4.78, 5) is 12.7. The van der Waals surface area contributed by atoms with Gasteiger partial charge in [0.25, 0.3) is 5.91 Å². The van der Waals surface area contributed by atoms with Gasteiger partial charge in [0.2, 0.25) is 0 Å². The third-order valence-electron chi connectivity index (χ3n) is 3.44. The first-order valence-electron chi connectivity index (χ1n) is 6.42. The van der Waals surface area contributed by atoms with E-state index >= 15 is 0 Å². The number of nitrogens with one attached hydrogen (secondary N) is 1. The number of ether oxygens (including phenoxy) is 1. The predicted molar refractivity (Wildman–Crippen MR) is 77.1 cm³/mol. The molecule has 2 N–H and O–H groups in total. The van der Waals surface area contributed by atoms with E-state index in [-0.39, 0.29) is 23.3 Å². The molecule has 0 saturated heterocycles. The molecule has 0 spiro atoms. The van der Waals surface area contributed by atoms with Crippen molar-refractivity contribution in [3.63, 3.8) is 0 Å². The van der Waals surface area contributed by atoms with Gasteiger partial charge in [-0.2, -0.15) is 0 Å². The minimum atomic E-state index is -0.241. The van der Waals surface area contributed by atoms with Gasteiger partial charge in [0.15, 0.2) is 0 Å². The number of hydrogen-bond donors (Lipinski definition) is 2. The number of hydrogen-bond acceptors (Lipinski definition) is 3. The number of carbonyl (C=O) groups is 1. The summed E-state index contributed by atoms with van der Waals surface area (Å²) < 4.78 is 5.07. The number of phenols is 1. The highest BCUT2D eigenvalue weighted by Crippen LogP contribution is 2.26. The predicted octanol–water partition coefficient (Wildman–Crippen LogP) is 2.84. The van der Waals surface area contributed by atoms with Crippen LogP contribution < -0.4 is 10.1 Å². The Morgan fingerprint density at radius 1 is 1.37 bits per heavy atom. The second kappa shape index (κ2) is 6.28. The molecular weight excluding hydrogens is 310 g/mol. The lowest BCUT2D eigenvalue weighted by molar-refractivity contribution is 0.0925. The second-order valence-corrected chi connectivity index (χ2v) is 6.10. The van der Waals surface area contributed by atoms with Gasteiger partial charge >= 0.3 is 0 Å². The monoisotopic (exact) mass is 327 g/mol. The van der Waals surface area contributed by atoms with Crippen molar-refractivity contribution >= 4 is 21.8 Å². The van der Waals surface area contributed by atoms with Gasteiger partial charge in [0.05, 0.1) is 12.7 Å². The van der Waals surface area contributed by atoms with E-state index in [4.69, 9.17) is 4.74 Å². The van der Waals surface area contributed by atoms with E-state index in [1.165, 1.54) is 13.2 Å². The average Bonchev–Trinajstić information content (AvgIpc) is 2.42. The second-order valence-electron chi connectivity index (χ2n) is 4.81. The number of carbonyl (C=O) groups excluding carboxylic acids is 1.